The second-order valence-electron chi connectivity index (χ2n) is 11.4. The van der Waals surface area contributed by atoms with E-state index in [9.17, 15) is 19.5 Å². The van der Waals surface area contributed by atoms with Crippen molar-refractivity contribution in [2.45, 2.75) is 83.9 Å². The van der Waals surface area contributed by atoms with E-state index in [1.54, 1.807) is 12.2 Å². The molecule has 1 saturated heterocycles. The third-order valence-electron chi connectivity index (χ3n) is 9.44. The largest absolute Gasteiger partial charge is 0.458 e. The number of aliphatic hydroxyl groups is 1. The lowest BCUT2D eigenvalue weighted by Gasteiger charge is -2.61. The predicted octanol–water partition coefficient (Wildman–Crippen LogP) is 2.90. The number of ketones is 2. The molecule has 0 bridgehead atoms. The van der Waals surface area contributed by atoms with Crippen LogP contribution < -0.4 is 0 Å². The number of hydrogen-bond donors (Lipinski definition) is 1. The molecule has 3 saturated carbocycles. The quantitative estimate of drug-likeness (QED) is 0.649. The van der Waals surface area contributed by atoms with Crippen molar-refractivity contribution in [2.24, 2.45) is 28.6 Å². The molecule has 8 atom stereocenters. The van der Waals surface area contributed by atoms with Crippen molar-refractivity contribution < 1.29 is 33.7 Å². The van der Waals surface area contributed by atoms with Gasteiger partial charge in [0.1, 0.15) is 5.60 Å². The highest BCUT2D eigenvalue weighted by molar-refractivity contribution is 6.01. The van der Waals surface area contributed by atoms with Gasteiger partial charge in [-0.1, -0.05) is 25.5 Å². The summed E-state index contributed by atoms with van der Waals surface area (Å²) in [5.41, 5.74) is -1.76. The molecule has 0 spiro atoms. The summed E-state index contributed by atoms with van der Waals surface area (Å²) in [5.74, 6) is -1.56. The van der Waals surface area contributed by atoms with Crippen molar-refractivity contribution >= 4 is 17.5 Å². The molecule has 1 aliphatic heterocycles. The van der Waals surface area contributed by atoms with Gasteiger partial charge in [0.05, 0.1) is 12.2 Å². The number of ether oxygens (including phenoxy) is 3. The fourth-order valence-electron chi connectivity index (χ4n) is 7.97. The number of carbonyl (C=O) groups excluding carboxylic acids is 3. The molecular formula is C26H34O7. The van der Waals surface area contributed by atoms with E-state index in [1.165, 1.54) is 6.92 Å². The van der Waals surface area contributed by atoms with Gasteiger partial charge in [0.15, 0.2) is 18.2 Å². The van der Waals surface area contributed by atoms with Gasteiger partial charge in [-0.2, -0.15) is 0 Å². The first-order valence-corrected chi connectivity index (χ1v) is 12.0. The van der Waals surface area contributed by atoms with Crippen LogP contribution in [0.2, 0.25) is 0 Å². The van der Waals surface area contributed by atoms with Gasteiger partial charge in [0.25, 0.3) is 0 Å². The van der Waals surface area contributed by atoms with Gasteiger partial charge in [-0.05, 0) is 63.5 Å². The molecule has 0 aromatic rings. The standard InChI is InChI=1S/C26H34O7/c1-14(27)31-13-19(29)26(30)11-9-18-17-7-6-15-12-16(28)8-10-24(15,4)20(17)21-22(25(18,26)5)33-23(2,3)32-21/h8,10,12,17-18,20-22,30H,6-7,9,11,13H2,1-5H3/t17-,18-,20+,21+,22+,24-,25+,26-/m0/s1. The van der Waals surface area contributed by atoms with Crippen molar-refractivity contribution in [2.75, 3.05) is 6.61 Å². The van der Waals surface area contributed by atoms with E-state index < -0.39 is 41.3 Å². The van der Waals surface area contributed by atoms with Crippen molar-refractivity contribution in [3.8, 4) is 0 Å². The van der Waals surface area contributed by atoms with Crippen molar-refractivity contribution in [1.82, 2.24) is 0 Å². The van der Waals surface area contributed by atoms with Crippen molar-refractivity contribution in [3.05, 3.63) is 23.8 Å². The second kappa shape index (κ2) is 7.09. The van der Waals surface area contributed by atoms with Crippen LogP contribution in [0.15, 0.2) is 23.8 Å². The Hall–Kier alpha value is -1.83. The molecule has 5 aliphatic rings. The summed E-state index contributed by atoms with van der Waals surface area (Å²) in [6.45, 7) is 8.69. The monoisotopic (exact) mass is 458 g/mol. The number of carbonyl (C=O) groups is 3. The number of hydrogen-bond acceptors (Lipinski definition) is 7. The predicted molar refractivity (Wildman–Crippen MR) is 118 cm³/mol. The zero-order valence-electron chi connectivity index (χ0n) is 20.1. The van der Waals surface area contributed by atoms with Gasteiger partial charge in [-0.25, -0.2) is 0 Å². The first-order chi connectivity index (χ1) is 15.3. The zero-order valence-corrected chi connectivity index (χ0v) is 20.1. The lowest BCUT2D eigenvalue weighted by Crippen LogP contribution is -2.68. The topological polar surface area (TPSA) is 99.1 Å². The highest BCUT2D eigenvalue weighted by Crippen LogP contribution is 2.69. The molecule has 0 unspecified atom stereocenters. The summed E-state index contributed by atoms with van der Waals surface area (Å²) >= 11 is 0. The van der Waals surface area contributed by atoms with Crippen LogP contribution in [0, 0.1) is 28.6 Å². The fraction of sp³-hybridized carbons (Fsp3) is 0.731. The molecule has 5 rings (SSSR count). The number of allylic oxidation sites excluding steroid dienone is 4. The third kappa shape index (κ3) is 3.01. The highest BCUT2D eigenvalue weighted by Gasteiger charge is 2.75. The van der Waals surface area contributed by atoms with E-state index in [2.05, 4.69) is 6.92 Å². The van der Waals surface area contributed by atoms with Crippen LogP contribution in [0.25, 0.3) is 0 Å². The minimum atomic E-state index is -1.67. The van der Waals surface area contributed by atoms with E-state index in [4.69, 9.17) is 14.2 Å². The van der Waals surface area contributed by atoms with Gasteiger partial charge >= 0.3 is 5.97 Å². The Morgan fingerprint density at radius 3 is 2.61 bits per heavy atom. The van der Waals surface area contributed by atoms with E-state index >= 15 is 0 Å². The Morgan fingerprint density at radius 2 is 1.91 bits per heavy atom. The van der Waals surface area contributed by atoms with Gasteiger partial charge < -0.3 is 19.3 Å². The Labute approximate surface area is 194 Å². The Morgan fingerprint density at radius 1 is 1.18 bits per heavy atom. The van der Waals surface area contributed by atoms with Crippen molar-refractivity contribution in [3.63, 3.8) is 0 Å². The molecule has 33 heavy (non-hydrogen) atoms. The SMILES string of the molecule is CC(=O)OCC(=O)[C@@]1(O)CC[C@H]2[C@@H]3CCC4=CC(=O)C=C[C@]4(C)[C@H]3[C@H]3OC(C)(C)O[C@H]3[C@@]21C. The first-order valence-electron chi connectivity index (χ1n) is 12.0. The molecule has 4 fully saturated rings. The average molecular weight is 459 g/mol. The Balaban J connectivity index is 1.60. The maximum absolute atomic E-state index is 13.3. The number of esters is 1. The average Bonchev–Trinajstić information content (AvgIpc) is 3.21. The smallest absolute Gasteiger partial charge is 0.303 e. The Kier molecular flexibility index (Phi) is 4.93. The minimum absolute atomic E-state index is 0.0216. The van der Waals surface area contributed by atoms with Gasteiger partial charge in [-0.15, -0.1) is 0 Å². The van der Waals surface area contributed by atoms with Crippen LogP contribution >= 0.6 is 0 Å². The molecule has 0 aromatic heterocycles. The molecular weight excluding hydrogens is 424 g/mol. The van der Waals surface area contributed by atoms with Crippen LogP contribution in [0.1, 0.15) is 60.3 Å². The molecule has 0 radical (unpaired) electrons. The number of fused-ring (bicyclic) bond motifs is 8. The fourth-order valence-corrected chi connectivity index (χ4v) is 7.97. The first kappa shape index (κ1) is 22.9. The van der Waals surface area contributed by atoms with Crippen LogP contribution in [-0.2, 0) is 28.6 Å². The van der Waals surface area contributed by atoms with Gasteiger partial charge in [0, 0.05) is 23.7 Å². The van der Waals surface area contributed by atoms with Crippen LogP contribution in [0.4, 0.5) is 0 Å². The van der Waals surface area contributed by atoms with Crippen LogP contribution in [0.3, 0.4) is 0 Å². The molecule has 0 aromatic carbocycles. The molecule has 1 N–H and O–H groups in total. The summed E-state index contributed by atoms with van der Waals surface area (Å²) in [6.07, 6.45) is 7.28. The second-order valence-corrected chi connectivity index (χ2v) is 11.4. The van der Waals surface area contributed by atoms with E-state index in [-0.39, 0.29) is 35.1 Å². The maximum Gasteiger partial charge on any atom is 0.303 e. The lowest BCUT2D eigenvalue weighted by molar-refractivity contribution is -0.206. The lowest BCUT2D eigenvalue weighted by atomic mass is 9.45. The Bertz CT molecular complexity index is 979. The van der Waals surface area contributed by atoms with Crippen LogP contribution in [-0.4, -0.2) is 52.8 Å². The maximum atomic E-state index is 13.3. The summed E-state index contributed by atoms with van der Waals surface area (Å²) < 4.78 is 18.0. The number of rotatable bonds is 3. The summed E-state index contributed by atoms with van der Waals surface area (Å²) in [6, 6.07) is 0. The van der Waals surface area contributed by atoms with E-state index in [0.717, 1.165) is 18.4 Å². The normalized spacial score (nSPS) is 47.2. The van der Waals surface area contributed by atoms with Crippen LogP contribution in [0.5, 0.6) is 0 Å². The molecule has 0 amide bonds. The zero-order chi connectivity index (χ0) is 24.0. The van der Waals surface area contributed by atoms with Crippen molar-refractivity contribution in [1.29, 1.82) is 0 Å². The summed E-state index contributed by atoms with van der Waals surface area (Å²) in [4.78, 5) is 36.8. The molecule has 4 aliphatic carbocycles. The minimum Gasteiger partial charge on any atom is -0.458 e. The highest BCUT2D eigenvalue weighted by atomic mass is 16.8. The van der Waals surface area contributed by atoms with E-state index in [0.29, 0.717) is 12.8 Å². The molecule has 1 heterocycles. The molecule has 180 valence electrons. The molecule has 7 nitrogen and oxygen atoms in total. The van der Waals surface area contributed by atoms with E-state index in [1.807, 2.05) is 26.8 Å². The third-order valence-corrected chi connectivity index (χ3v) is 9.44. The van der Waals surface area contributed by atoms with Gasteiger partial charge in [-0.3, -0.25) is 14.4 Å². The number of Topliss-reactive ketones (excluding diaryl/α,β-unsaturated/α-hetero) is 1. The molecule has 7 heteroatoms. The summed E-state index contributed by atoms with van der Waals surface area (Å²) in [5, 5.41) is 11.9. The summed E-state index contributed by atoms with van der Waals surface area (Å²) in [7, 11) is 0. The van der Waals surface area contributed by atoms with Gasteiger partial charge in [0.2, 0.25) is 5.78 Å².